The van der Waals surface area contributed by atoms with Crippen LogP contribution in [-0.4, -0.2) is 0 Å². The van der Waals surface area contributed by atoms with Crippen LogP contribution in [0, 0.1) is 13.8 Å². The molecule has 2 rings (SSSR count). The Morgan fingerprint density at radius 2 is 1.88 bits per heavy atom. The van der Waals surface area contributed by atoms with Crippen LogP contribution in [0.1, 0.15) is 16.0 Å². The topological polar surface area (TPSA) is 9.23 Å². The molecule has 1 aromatic carbocycles. The molecule has 0 amide bonds. The lowest BCUT2D eigenvalue weighted by molar-refractivity contribution is 0.305. The Balaban J connectivity index is 2.14. The van der Waals surface area contributed by atoms with Crippen molar-refractivity contribution in [2.45, 2.75) is 20.5 Å². The van der Waals surface area contributed by atoms with Crippen LogP contribution in [0.3, 0.4) is 0 Å². The van der Waals surface area contributed by atoms with Gasteiger partial charge in [0.15, 0.2) is 0 Å². The number of benzene rings is 1. The zero-order valence-corrected chi connectivity index (χ0v) is 11.7. The van der Waals surface area contributed by atoms with Gasteiger partial charge in [-0.15, -0.1) is 11.3 Å². The summed E-state index contributed by atoms with van der Waals surface area (Å²) in [5.74, 6) is 1.00. The number of para-hydroxylation sites is 1. The van der Waals surface area contributed by atoms with Crippen LogP contribution in [0.2, 0.25) is 0 Å². The summed E-state index contributed by atoms with van der Waals surface area (Å²) in [6.45, 7) is 4.78. The fourth-order valence-electron chi connectivity index (χ4n) is 1.59. The summed E-state index contributed by atoms with van der Waals surface area (Å²) < 4.78 is 7.00. The molecule has 0 unspecified atom stereocenters. The number of rotatable bonds is 3. The molecule has 84 valence electrons. The summed E-state index contributed by atoms with van der Waals surface area (Å²) in [5, 5.41) is 2.06. The van der Waals surface area contributed by atoms with E-state index in [2.05, 4.69) is 53.4 Å². The fraction of sp³-hybridized carbons (Fsp3) is 0.231. The third-order valence-corrected chi connectivity index (χ3v) is 4.35. The van der Waals surface area contributed by atoms with Crippen molar-refractivity contribution >= 4 is 27.3 Å². The molecule has 0 bridgehead atoms. The van der Waals surface area contributed by atoms with E-state index in [9.17, 15) is 0 Å². The second kappa shape index (κ2) is 5.02. The van der Waals surface area contributed by atoms with E-state index in [0.29, 0.717) is 6.61 Å². The molecule has 0 fully saturated rings. The lowest BCUT2D eigenvalue weighted by Gasteiger charge is -2.11. The van der Waals surface area contributed by atoms with Gasteiger partial charge in [0.2, 0.25) is 0 Å². The monoisotopic (exact) mass is 296 g/mol. The van der Waals surface area contributed by atoms with Gasteiger partial charge in [0.25, 0.3) is 0 Å². The molecule has 1 aromatic heterocycles. The first-order valence-electron chi connectivity index (χ1n) is 5.09. The van der Waals surface area contributed by atoms with E-state index in [4.69, 9.17) is 4.74 Å². The summed E-state index contributed by atoms with van der Waals surface area (Å²) >= 11 is 5.22. The molecule has 0 N–H and O–H groups in total. The van der Waals surface area contributed by atoms with Gasteiger partial charge in [-0.05, 0) is 52.4 Å². The fourth-order valence-corrected chi connectivity index (χ4v) is 2.97. The molecule has 2 aromatic rings. The lowest BCUT2D eigenvalue weighted by atomic mass is 10.1. The van der Waals surface area contributed by atoms with Crippen LogP contribution in [0.4, 0.5) is 0 Å². The molecule has 0 aliphatic heterocycles. The highest BCUT2D eigenvalue weighted by molar-refractivity contribution is 9.10. The van der Waals surface area contributed by atoms with E-state index in [1.807, 2.05) is 6.07 Å². The molecule has 0 aliphatic rings. The Hall–Kier alpha value is -0.800. The van der Waals surface area contributed by atoms with E-state index in [0.717, 1.165) is 10.2 Å². The second-order valence-corrected chi connectivity index (χ2v) is 5.56. The normalized spacial score (nSPS) is 10.4. The molecular weight excluding hydrogens is 284 g/mol. The summed E-state index contributed by atoms with van der Waals surface area (Å²) in [6.07, 6.45) is 0. The highest BCUT2D eigenvalue weighted by Gasteiger charge is 2.06. The molecule has 1 nitrogen and oxygen atoms in total. The first-order chi connectivity index (χ1) is 7.68. The molecule has 0 aliphatic carbocycles. The van der Waals surface area contributed by atoms with Crippen molar-refractivity contribution in [2.75, 3.05) is 0 Å². The average molecular weight is 297 g/mol. The summed E-state index contributed by atoms with van der Waals surface area (Å²) in [6, 6.07) is 8.25. The maximum atomic E-state index is 5.87. The number of hydrogen-bond donors (Lipinski definition) is 0. The van der Waals surface area contributed by atoms with Gasteiger partial charge in [-0.2, -0.15) is 0 Å². The first kappa shape index (κ1) is 11.7. The quantitative estimate of drug-likeness (QED) is 0.797. The van der Waals surface area contributed by atoms with Crippen LogP contribution in [0.5, 0.6) is 5.75 Å². The molecule has 0 atom stereocenters. The Kier molecular flexibility index (Phi) is 3.66. The van der Waals surface area contributed by atoms with Crippen molar-refractivity contribution in [3.8, 4) is 5.75 Å². The molecule has 1 heterocycles. The highest BCUT2D eigenvalue weighted by Crippen LogP contribution is 2.27. The summed E-state index contributed by atoms with van der Waals surface area (Å²) in [7, 11) is 0. The van der Waals surface area contributed by atoms with Crippen LogP contribution < -0.4 is 4.74 Å². The number of aryl methyl sites for hydroxylation is 2. The molecule has 3 heteroatoms. The molecule has 0 radical (unpaired) electrons. The zero-order valence-electron chi connectivity index (χ0n) is 9.29. The van der Waals surface area contributed by atoms with Gasteiger partial charge < -0.3 is 4.74 Å². The number of halogens is 1. The first-order valence-corrected chi connectivity index (χ1v) is 6.76. The molecule has 16 heavy (non-hydrogen) atoms. The van der Waals surface area contributed by atoms with Crippen molar-refractivity contribution in [2.24, 2.45) is 0 Å². The lowest BCUT2D eigenvalue weighted by Crippen LogP contribution is -1.97. The Labute approximate surface area is 108 Å². The van der Waals surface area contributed by atoms with E-state index in [1.165, 1.54) is 16.0 Å². The number of thiophene rings is 1. The van der Waals surface area contributed by atoms with Crippen molar-refractivity contribution in [1.29, 1.82) is 0 Å². The maximum Gasteiger partial charge on any atom is 0.125 e. The summed E-state index contributed by atoms with van der Waals surface area (Å²) in [5.41, 5.74) is 2.38. The van der Waals surface area contributed by atoms with Gasteiger partial charge in [0.05, 0.1) is 4.88 Å². The zero-order chi connectivity index (χ0) is 11.5. The maximum absolute atomic E-state index is 5.87. The van der Waals surface area contributed by atoms with Gasteiger partial charge in [0, 0.05) is 4.47 Å². The van der Waals surface area contributed by atoms with Gasteiger partial charge in [-0.25, -0.2) is 0 Å². The predicted octanol–water partition coefficient (Wildman–Crippen LogP) is 4.71. The van der Waals surface area contributed by atoms with Crippen LogP contribution in [-0.2, 0) is 6.61 Å². The molecule has 0 saturated carbocycles. The Morgan fingerprint density at radius 1 is 1.19 bits per heavy atom. The molecule has 0 spiro atoms. The Bertz CT molecular complexity index is 470. The molecular formula is C13H13BrOS. The standard InChI is InChI=1S/C13H13BrOS/c1-9-4-3-5-10(2)13(9)15-8-12-11(14)6-7-16-12/h3-7H,8H2,1-2H3. The van der Waals surface area contributed by atoms with Gasteiger partial charge >= 0.3 is 0 Å². The number of ether oxygens (including phenoxy) is 1. The third-order valence-electron chi connectivity index (χ3n) is 2.45. The van der Waals surface area contributed by atoms with Gasteiger partial charge in [-0.1, -0.05) is 18.2 Å². The van der Waals surface area contributed by atoms with Gasteiger partial charge in [0.1, 0.15) is 12.4 Å². The highest BCUT2D eigenvalue weighted by atomic mass is 79.9. The van der Waals surface area contributed by atoms with E-state index in [1.54, 1.807) is 11.3 Å². The van der Waals surface area contributed by atoms with Crippen molar-refractivity contribution < 1.29 is 4.74 Å². The number of hydrogen-bond acceptors (Lipinski definition) is 2. The Morgan fingerprint density at radius 3 is 2.44 bits per heavy atom. The largest absolute Gasteiger partial charge is 0.487 e. The van der Waals surface area contributed by atoms with Crippen LogP contribution in [0.25, 0.3) is 0 Å². The minimum atomic E-state index is 0.629. The minimum Gasteiger partial charge on any atom is -0.487 e. The van der Waals surface area contributed by atoms with E-state index in [-0.39, 0.29) is 0 Å². The van der Waals surface area contributed by atoms with Gasteiger partial charge in [-0.3, -0.25) is 0 Å². The van der Waals surface area contributed by atoms with E-state index < -0.39 is 0 Å². The van der Waals surface area contributed by atoms with Crippen molar-refractivity contribution in [1.82, 2.24) is 0 Å². The average Bonchev–Trinajstić information content (AvgIpc) is 2.64. The van der Waals surface area contributed by atoms with E-state index >= 15 is 0 Å². The minimum absolute atomic E-state index is 0.629. The van der Waals surface area contributed by atoms with Crippen molar-refractivity contribution in [3.63, 3.8) is 0 Å². The summed E-state index contributed by atoms with van der Waals surface area (Å²) in [4.78, 5) is 1.22. The van der Waals surface area contributed by atoms with Crippen molar-refractivity contribution in [3.05, 3.63) is 50.1 Å². The third kappa shape index (κ3) is 2.47. The van der Waals surface area contributed by atoms with Crippen LogP contribution >= 0.6 is 27.3 Å². The second-order valence-electron chi connectivity index (χ2n) is 3.70. The van der Waals surface area contributed by atoms with Crippen LogP contribution in [0.15, 0.2) is 34.1 Å². The SMILES string of the molecule is Cc1cccc(C)c1OCc1sccc1Br. The smallest absolute Gasteiger partial charge is 0.125 e. The predicted molar refractivity (Wildman–Crippen MR) is 72.3 cm³/mol. The molecule has 0 saturated heterocycles.